The Morgan fingerprint density at radius 2 is 2.11 bits per heavy atom. The molecule has 0 radical (unpaired) electrons. The number of hydrogen-bond donors (Lipinski definition) is 0. The highest BCUT2D eigenvalue weighted by Gasteiger charge is 2.40. The van der Waals surface area contributed by atoms with Gasteiger partial charge in [-0.15, -0.1) is 0 Å². The molecule has 0 saturated carbocycles. The summed E-state index contributed by atoms with van der Waals surface area (Å²) in [5.74, 6) is 1.31. The van der Waals surface area contributed by atoms with Crippen LogP contribution < -0.4 is 9.47 Å². The van der Waals surface area contributed by atoms with Gasteiger partial charge in [0, 0.05) is 11.5 Å². The summed E-state index contributed by atoms with van der Waals surface area (Å²) >= 11 is 0. The van der Waals surface area contributed by atoms with Crippen LogP contribution in [-0.2, 0) is 0 Å². The Bertz CT molecular complexity index is 491. The van der Waals surface area contributed by atoms with Crippen LogP contribution in [0.25, 0.3) is 0 Å². The lowest BCUT2D eigenvalue weighted by molar-refractivity contribution is -0.521. The largest absolute Gasteiger partial charge is 0.454 e. The molecule has 6 nitrogen and oxygen atoms in total. The van der Waals surface area contributed by atoms with E-state index in [9.17, 15) is 10.1 Å². The van der Waals surface area contributed by atoms with E-state index in [0.29, 0.717) is 24.6 Å². The van der Waals surface area contributed by atoms with Crippen LogP contribution in [-0.4, -0.2) is 42.8 Å². The molecule has 0 aliphatic carbocycles. The molecule has 2 aliphatic rings. The van der Waals surface area contributed by atoms with Gasteiger partial charge in [-0.3, -0.25) is 15.0 Å². The van der Waals surface area contributed by atoms with E-state index in [0.717, 1.165) is 5.56 Å². The molecule has 6 heteroatoms. The van der Waals surface area contributed by atoms with Gasteiger partial charge >= 0.3 is 0 Å². The summed E-state index contributed by atoms with van der Waals surface area (Å²) in [4.78, 5) is 12.9. The summed E-state index contributed by atoms with van der Waals surface area (Å²) in [6.45, 7) is 1.42. The molecule has 96 valence electrons. The van der Waals surface area contributed by atoms with Gasteiger partial charge in [0.05, 0.1) is 12.5 Å². The van der Waals surface area contributed by atoms with Crippen LogP contribution >= 0.6 is 0 Å². The molecule has 2 atom stereocenters. The summed E-state index contributed by atoms with van der Waals surface area (Å²) < 4.78 is 10.6. The van der Waals surface area contributed by atoms with Crippen molar-refractivity contribution >= 4 is 0 Å². The molecule has 2 heterocycles. The van der Waals surface area contributed by atoms with Crippen molar-refractivity contribution in [3.63, 3.8) is 0 Å². The Morgan fingerprint density at radius 3 is 2.89 bits per heavy atom. The van der Waals surface area contributed by atoms with Gasteiger partial charge < -0.3 is 9.47 Å². The van der Waals surface area contributed by atoms with Gasteiger partial charge in [-0.25, -0.2) is 0 Å². The number of ether oxygens (including phenoxy) is 2. The van der Waals surface area contributed by atoms with Crippen molar-refractivity contribution in [2.75, 3.05) is 26.9 Å². The van der Waals surface area contributed by atoms with Crippen molar-refractivity contribution in [1.29, 1.82) is 0 Å². The fourth-order valence-electron chi connectivity index (χ4n) is 2.66. The molecule has 0 amide bonds. The minimum absolute atomic E-state index is 0.0838. The zero-order chi connectivity index (χ0) is 12.7. The van der Waals surface area contributed by atoms with E-state index in [1.807, 2.05) is 30.1 Å². The number of fused-ring (bicyclic) bond motifs is 1. The average Bonchev–Trinajstić information content (AvgIpc) is 2.93. The number of benzene rings is 1. The lowest BCUT2D eigenvalue weighted by atomic mass is 9.94. The second kappa shape index (κ2) is 4.13. The van der Waals surface area contributed by atoms with Gasteiger partial charge in [0.2, 0.25) is 12.8 Å². The normalized spacial score (nSPS) is 26.5. The summed E-state index contributed by atoms with van der Waals surface area (Å²) in [5.41, 5.74) is 0.949. The molecular formula is C12H14N2O4. The molecular weight excluding hydrogens is 236 g/mol. The van der Waals surface area contributed by atoms with Crippen LogP contribution in [0.3, 0.4) is 0 Å². The second-order valence-electron chi connectivity index (χ2n) is 4.79. The Morgan fingerprint density at radius 1 is 1.33 bits per heavy atom. The smallest absolute Gasteiger partial charge is 0.233 e. The Kier molecular flexibility index (Phi) is 2.59. The number of likely N-dealkylation sites (tertiary alicyclic amines) is 1. The van der Waals surface area contributed by atoms with Gasteiger partial charge in [-0.05, 0) is 24.7 Å². The first kappa shape index (κ1) is 11.3. The third kappa shape index (κ3) is 1.78. The topological polar surface area (TPSA) is 64.8 Å². The minimum Gasteiger partial charge on any atom is -0.454 e. The highest BCUT2D eigenvalue weighted by atomic mass is 16.7. The summed E-state index contributed by atoms with van der Waals surface area (Å²) in [7, 11) is 1.91. The van der Waals surface area contributed by atoms with E-state index < -0.39 is 6.04 Å². The molecule has 18 heavy (non-hydrogen) atoms. The maximum absolute atomic E-state index is 11.1. The van der Waals surface area contributed by atoms with Gasteiger partial charge in [-0.2, -0.15) is 0 Å². The van der Waals surface area contributed by atoms with Gasteiger partial charge in [0.15, 0.2) is 11.5 Å². The molecule has 0 spiro atoms. The van der Waals surface area contributed by atoms with Crippen LogP contribution in [0.15, 0.2) is 18.2 Å². The number of likely N-dealkylation sites (N-methyl/N-ethyl adjacent to an activating group) is 1. The molecule has 0 bridgehead atoms. The first-order valence-electron chi connectivity index (χ1n) is 5.87. The van der Waals surface area contributed by atoms with Crippen molar-refractivity contribution < 1.29 is 14.4 Å². The second-order valence-corrected chi connectivity index (χ2v) is 4.79. The molecule has 1 aromatic carbocycles. The fraction of sp³-hybridized carbons (Fsp3) is 0.500. The van der Waals surface area contributed by atoms with E-state index in [2.05, 4.69) is 0 Å². The lowest BCUT2D eigenvalue weighted by Gasteiger charge is -2.12. The monoisotopic (exact) mass is 250 g/mol. The Balaban J connectivity index is 1.91. The quantitative estimate of drug-likeness (QED) is 0.580. The van der Waals surface area contributed by atoms with Gasteiger partial charge in [0.25, 0.3) is 0 Å². The van der Waals surface area contributed by atoms with E-state index in [4.69, 9.17) is 9.47 Å². The van der Waals surface area contributed by atoms with Crippen molar-refractivity contribution in [2.45, 2.75) is 12.0 Å². The molecule has 1 aromatic rings. The first-order chi connectivity index (χ1) is 8.65. The molecule has 1 fully saturated rings. The highest BCUT2D eigenvalue weighted by molar-refractivity contribution is 5.45. The Hall–Kier alpha value is -1.82. The van der Waals surface area contributed by atoms with E-state index in [-0.39, 0.29) is 17.6 Å². The maximum atomic E-state index is 11.1. The zero-order valence-corrected chi connectivity index (χ0v) is 10.0. The van der Waals surface area contributed by atoms with Crippen molar-refractivity contribution in [3.05, 3.63) is 33.9 Å². The molecule has 0 aromatic heterocycles. The molecule has 1 saturated heterocycles. The van der Waals surface area contributed by atoms with Crippen LogP contribution in [0.4, 0.5) is 0 Å². The summed E-state index contributed by atoms with van der Waals surface area (Å²) in [5, 5.41) is 11.1. The maximum Gasteiger partial charge on any atom is 0.233 e. The van der Waals surface area contributed by atoms with Crippen LogP contribution in [0.5, 0.6) is 11.5 Å². The van der Waals surface area contributed by atoms with Crippen LogP contribution in [0, 0.1) is 10.1 Å². The predicted octanol–water partition coefficient (Wildman–Crippen LogP) is 1.09. The summed E-state index contributed by atoms with van der Waals surface area (Å²) in [6, 6.07) is 5.04. The SMILES string of the molecule is CN1C[C@@H]([N+](=O)[O-])[C@H](c2ccc3c(c2)OCO3)C1. The van der Waals surface area contributed by atoms with Crippen molar-refractivity contribution in [3.8, 4) is 11.5 Å². The molecule has 2 aliphatic heterocycles. The fourth-order valence-corrected chi connectivity index (χ4v) is 2.66. The predicted molar refractivity (Wildman–Crippen MR) is 63.6 cm³/mol. The van der Waals surface area contributed by atoms with Crippen molar-refractivity contribution in [2.24, 2.45) is 0 Å². The van der Waals surface area contributed by atoms with E-state index >= 15 is 0 Å². The molecule has 0 N–H and O–H groups in total. The number of hydrogen-bond acceptors (Lipinski definition) is 5. The first-order valence-corrected chi connectivity index (χ1v) is 5.87. The number of rotatable bonds is 2. The lowest BCUT2D eigenvalue weighted by Crippen LogP contribution is -2.27. The van der Waals surface area contributed by atoms with E-state index in [1.54, 1.807) is 0 Å². The zero-order valence-electron chi connectivity index (χ0n) is 10.0. The molecule has 3 rings (SSSR count). The highest BCUT2D eigenvalue weighted by Crippen LogP contribution is 2.37. The third-order valence-corrected chi connectivity index (χ3v) is 3.57. The number of nitro groups is 1. The Labute approximate surface area is 104 Å². The van der Waals surface area contributed by atoms with Gasteiger partial charge in [-0.1, -0.05) is 6.07 Å². The standard InChI is InChI=1S/C12H14N2O4/c1-13-5-9(10(6-13)14(15)16)8-2-3-11-12(4-8)18-7-17-11/h2-4,9-10H,5-7H2,1H3/t9-,10+/m0/s1. The minimum atomic E-state index is -0.546. The average molecular weight is 250 g/mol. The van der Waals surface area contributed by atoms with Crippen LogP contribution in [0.1, 0.15) is 11.5 Å². The summed E-state index contributed by atoms with van der Waals surface area (Å²) in [6.07, 6.45) is 0. The van der Waals surface area contributed by atoms with Gasteiger partial charge in [0.1, 0.15) is 0 Å². The van der Waals surface area contributed by atoms with Crippen molar-refractivity contribution in [1.82, 2.24) is 4.90 Å². The van der Waals surface area contributed by atoms with E-state index in [1.165, 1.54) is 0 Å². The molecule has 0 unspecified atom stereocenters. The third-order valence-electron chi connectivity index (χ3n) is 3.57. The number of nitrogens with zero attached hydrogens (tertiary/aromatic N) is 2. The van der Waals surface area contributed by atoms with Crippen LogP contribution in [0.2, 0.25) is 0 Å².